The smallest absolute Gasteiger partial charge is 0.227 e. The second-order valence-corrected chi connectivity index (χ2v) is 7.75. The van der Waals surface area contributed by atoms with Gasteiger partial charge in [-0.2, -0.15) is 0 Å². The minimum absolute atomic E-state index is 0.118. The van der Waals surface area contributed by atoms with Crippen molar-refractivity contribution in [1.29, 1.82) is 0 Å². The molecule has 0 aromatic heterocycles. The van der Waals surface area contributed by atoms with Gasteiger partial charge in [0, 0.05) is 51.3 Å². The van der Waals surface area contributed by atoms with E-state index >= 15 is 0 Å². The monoisotopic (exact) mass is 387 g/mol. The van der Waals surface area contributed by atoms with Crippen molar-refractivity contribution in [2.24, 2.45) is 5.92 Å². The summed E-state index contributed by atoms with van der Waals surface area (Å²) in [5.41, 5.74) is 1.05. The molecule has 28 heavy (non-hydrogen) atoms. The van der Waals surface area contributed by atoms with E-state index in [-0.39, 0.29) is 17.7 Å². The van der Waals surface area contributed by atoms with Crippen molar-refractivity contribution in [3.63, 3.8) is 0 Å². The average molecular weight is 387 g/mol. The fourth-order valence-corrected chi connectivity index (χ4v) is 4.19. The highest BCUT2D eigenvalue weighted by Crippen LogP contribution is 2.26. The molecule has 2 amide bonds. The molecule has 0 spiro atoms. The first-order valence-corrected chi connectivity index (χ1v) is 10.3. The molecule has 3 heterocycles. The van der Waals surface area contributed by atoms with Gasteiger partial charge in [0.1, 0.15) is 12.4 Å². The molecular weight excluding hydrogens is 358 g/mol. The van der Waals surface area contributed by atoms with Gasteiger partial charge in [0.15, 0.2) is 0 Å². The van der Waals surface area contributed by atoms with Gasteiger partial charge in [0.25, 0.3) is 0 Å². The first kappa shape index (κ1) is 19.2. The Morgan fingerprint density at radius 2 is 1.89 bits per heavy atom. The molecule has 7 heteroatoms. The van der Waals surface area contributed by atoms with Crippen molar-refractivity contribution >= 4 is 11.8 Å². The zero-order chi connectivity index (χ0) is 19.3. The number of hydrogen-bond donors (Lipinski definition) is 0. The highest BCUT2D eigenvalue weighted by atomic mass is 16.5. The standard InChI is InChI=1S/C21H29N3O4/c25-20-6-5-18(16-23(20)8-7-22-9-12-27-13-10-22)21(26)24-11-14-28-19-4-2-1-3-17(19)15-24/h1-4,18H,5-16H2. The maximum absolute atomic E-state index is 13.2. The van der Waals surface area contributed by atoms with E-state index in [4.69, 9.17) is 9.47 Å². The van der Waals surface area contributed by atoms with Crippen molar-refractivity contribution in [1.82, 2.24) is 14.7 Å². The molecule has 3 aliphatic heterocycles. The van der Waals surface area contributed by atoms with Crippen LogP contribution in [0.1, 0.15) is 18.4 Å². The lowest BCUT2D eigenvalue weighted by atomic mass is 9.95. The van der Waals surface area contributed by atoms with Crippen molar-refractivity contribution in [2.45, 2.75) is 19.4 Å². The van der Waals surface area contributed by atoms with Gasteiger partial charge < -0.3 is 19.3 Å². The van der Waals surface area contributed by atoms with Crippen LogP contribution in [-0.2, 0) is 20.9 Å². The number of piperidine rings is 1. The van der Waals surface area contributed by atoms with Crippen LogP contribution in [0.25, 0.3) is 0 Å². The Kier molecular flexibility index (Phi) is 6.12. The molecule has 2 saturated heterocycles. The second-order valence-electron chi connectivity index (χ2n) is 7.75. The van der Waals surface area contributed by atoms with E-state index < -0.39 is 0 Å². The number of para-hydroxylation sites is 1. The predicted octanol–water partition coefficient (Wildman–Crippen LogP) is 0.978. The molecule has 152 valence electrons. The first-order valence-electron chi connectivity index (χ1n) is 10.3. The van der Waals surface area contributed by atoms with E-state index in [0.29, 0.717) is 45.6 Å². The number of amides is 2. The topological polar surface area (TPSA) is 62.3 Å². The lowest BCUT2D eigenvalue weighted by Gasteiger charge is -2.36. The summed E-state index contributed by atoms with van der Waals surface area (Å²) in [6.45, 7) is 7.08. The SMILES string of the molecule is O=C1CCC(C(=O)N2CCOc3ccccc3C2)CN1CCN1CCOCC1. The molecular formula is C21H29N3O4. The van der Waals surface area contributed by atoms with Crippen LogP contribution in [0.2, 0.25) is 0 Å². The normalized spacial score (nSPS) is 23.7. The summed E-state index contributed by atoms with van der Waals surface area (Å²) >= 11 is 0. The van der Waals surface area contributed by atoms with Crippen LogP contribution in [0.3, 0.4) is 0 Å². The molecule has 1 aromatic rings. The quantitative estimate of drug-likeness (QED) is 0.771. The Hall–Kier alpha value is -2.12. The Bertz CT molecular complexity index is 705. The number of hydrogen-bond acceptors (Lipinski definition) is 5. The lowest BCUT2D eigenvalue weighted by molar-refractivity contribution is -0.143. The van der Waals surface area contributed by atoms with Crippen LogP contribution in [-0.4, -0.2) is 85.6 Å². The fourth-order valence-electron chi connectivity index (χ4n) is 4.19. The Morgan fingerprint density at radius 1 is 1.07 bits per heavy atom. The molecule has 0 N–H and O–H groups in total. The summed E-state index contributed by atoms with van der Waals surface area (Å²) in [4.78, 5) is 31.6. The number of likely N-dealkylation sites (tertiary alicyclic amines) is 1. The van der Waals surface area contributed by atoms with Gasteiger partial charge in [0.05, 0.1) is 25.7 Å². The summed E-state index contributed by atoms with van der Waals surface area (Å²) < 4.78 is 11.2. The number of fused-ring (bicyclic) bond motifs is 1. The van der Waals surface area contributed by atoms with E-state index in [1.165, 1.54) is 0 Å². The van der Waals surface area contributed by atoms with Crippen LogP contribution >= 0.6 is 0 Å². The van der Waals surface area contributed by atoms with E-state index in [1.807, 2.05) is 34.1 Å². The van der Waals surface area contributed by atoms with Gasteiger partial charge in [-0.25, -0.2) is 0 Å². The van der Waals surface area contributed by atoms with Gasteiger partial charge >= 0.3 is 0 Å². The van der Waals surface area contributed by atoms with E-state index in [2.05, 4.69) is 4.90 Å². The van der Waals surface area contributed by atoms with Crippen molar-refractivity contribution in [2.75, 3.05) is 59.1 Å². The lowest BCUT2D eigenvalue weighted by Crippen LogP contribution is -2.50. The van der Waals surface area contributed by atoms with Gasteiger partial charge in [-0.05, 0) is 12.5 Å². The van der Waals surface area contributed by atoms with Gasteiger partial charge in [-0.15, -0.1) is 0 Å². The van der Waals surface area contributed by atoms with E-state index in [0.717, 1.165) is 44.2 Å². The van der Waals surface area contributed by atoms with Crippen molar-refractivity contribution in [3.05, 3.63) is 29.8 Å². The van der Waals surface area contributed by atoms with Gasteiger partial charge in [-0.1, -0.05) is 18.2 Å². The molecule has 1 atom stereocenters. The maximum atomic E-state index is 13.2. The molecule has 2 fully saturated rings. The first-order chi connectivity index (χ1) is 13.7. The van der Waals surface area contributed by atoms with Crippen LogP contribution < -0.4 is 4.74 Å². The van der Waals surface area contributed by atoms with Gasteiger partial charge in [-0.3, -0.25) is 14.5 Å². The summed E-state index contributed by atoms with van der Waals surface area (Å²) in [7, 11) is 0. The summed E-state index contributed by atoms with van der Waals surface area (Å²) in [5, 5.41) is 0. The van der Waals surface area contributed by atoms with Crippen molar-refractivity contribution in [3.8, 4) is 5.75 Å². The summed E-state index contributed by atoms with van der Waals surface area (Å²) in [5.74, 6) is 1.06. The molecule has 7 nitrogen and oxygen atoms in total. The van der Waals surface area contributed by atoms with Crippen LogP contribution in [0.5, 0.6) is 5.75 Å². The molecule has 1 aromatic carbocycles. The molecule has 0 aliphatic carbocycles. The predicted molar refractivity (Wildman–Crippen MR) is 104 cm³/mol. The number of carbonyl (C=O) groups is 2. The number of rotatable bonds is 4. The zero-order valence-electron chi connectivity index (χ0n) is 16.3. The maximum Gasteiger partial charge on any atom is 0.227 e. The number of nitrogens with zero attached hydrogens (tertiary/aromatic N) is 3. The Balaban J connectivity index is 1.35. The number of morpholine rings is 1. The highest BCUT2D eigenvalue weighted by Gasteiger charge is 2.33. The minimum Gasteiger partial charge on any atom is -0.491 e. The third kappa shape index (κ3) is 4.47. The van der Waals surface area contributed by atoms with E-state index in [9.17, 15) is 9.59 Å². The largest absolute Gasteiger partial charge is 0.491 e. The number of ether oxygens (including phenoxy) is 2. The molecule has 0 saturated carbocycles. The Morgan fingerprint density at radius 3 is 2.75 bits per heavy atom. The minimum atomic E-state index is -0.118. The molecule has 3 aliphatic rings. The van der Waals surface area contributed by atoms with Gasteiger partial charge in [0.2, 0.25) is 11.8 Å². The summed E-state index contributed by atoms with van der Waals surface area (Å²) in [6.07, 6.45) is 1.10. The third-order valence-corrected chi connectivity index (χ3v) is 5.90. The average Bonchev–Trinajstić information content (AvgIpc) is 2.96. The van der Waals surface area contributed by atoms with Crippen LogP contribution in [0.4, 0.5) is 0 Å². The third-order valence-electron chi connectivity index (χ3n) is 5.90. The molecule has 0 radical (unpaired) electrons. The fraction of sp³-hybridized carbons (Fsp3) is 0.619. The van der Waals surface area contributed by atoms with Crippen molar-refractivity contribution < 1.29 is 19.1 Å². The van der Waals surface area contributed by atoms with Crippen LogP contribution in [0, 0.1) is 5.92 Å². The zero-order valence-corrected chi connectivity index (χ0v) is 16.3. The number of carbonyl (C=O) groups excluding carboxylic acids is 2. The number of benzene rings is 1. The van der Waals surface area contributed by atoms with E-state index in [1.54, 1.807) is 0 Å². The molecule has 4 rings (SSSR count). The second kappa shape index (κ2) is 8.92. The molecule has 0 bridgehead atoms. The summed E-state index contributed by atoms with van der Waals surface area (Å²) in [6, 6.07) is 7.90. The molecule has 1 unspecified atom stereocenters. The highest BCUT2D eigenvalue weighted by molar-refractivity contribution is 5.84. The Labute approximate surface area is 166 Å². The van der Waals surface area contributed by atoms with Crippen LogP contribution in [0.15, 0.2) is 24.3 Å².